The minimum absolute atomic E-state index is 0.0539. The molecule has 9 nitrogen and oxygen atoms in total. The van der Waals surface area contributed by atoms with E-state index < -0.39 is 16.5 Å². The van der Waals surface area contributed by atoms with Gasteiger partial charge in [-0.15, -0.1) is 0 Å². The van der Waals surface area contributed by atoms with Gasteiger partial charge in [0.1, 0.15) is 17.1 Å². The Morgan fingerprint density at radius 3 is 2.56 bits per heavy atom. The Hall–Kier alpha value is -3.49. The summed E-state index contributed by atoms with van der Waals surface area (Å²) in [7, 11) is 0. The minimum Gasteiger partial charge on any atom is -0.507 e. The zero-order chi connectivity index (χ0) is 18.7. The maximum absolute atomic E-state index is 12.1. The highest BCUT2D eigenvalue weighted by molar-refractivity contribution is 6.02. The molecule has 0 atom stereocenters. The van der Waals surface area contributed by atoms with E-state index in [2.05, 4.69) is 10.5 Å². The summed E-state index contributed by atoms with van der Waals surface area (Å²) in [5.74, 6) is -0.687. The average Bonchev–Trinajstić information content (AvgIpc) is 2.51. The maximum atomic E-state index is 12.1. The number of aryl methyl sites for hydroxylation is 2. The molecular weight excluding hydrogens is 330 g/mol. The third-order valence-electron chi connectivity index (χ3n) is 3.40. The first-order valence-corrected chi connectivity index (χ1v) is 7.14. The van der Waals surface area contributed by atoms with Crippen molar-refractivity contribution in [1.29, 1.82) is 0 Å². The highest BCUT2D eigenvalue weighted by atomic mass is 16.6. The van der Waals surface area contributed by atoms with E-state index in [-0.39, 0.29) is 34.0 Å². The van der Waals surface area contributed by atoms with Gasteiger partial charge in [-0.1, -0.05) is 0 Å². The molecule has 1 heterocycles. The van der Waals surface area contributed by atoms with Crippen LogP contribution in [0.4, 0.5) is 5.69 Å². The van der Waals surface area contributed by atoms with Crippen LogP contribution >= 0.6 is 0 Å². The molecular formula is C16H15N3O6. The van der Waals surface area contributed by atoms with Crippen molar-refractivity contribution in [3.63, 3.8) is 0 Å². The molecule has 130 valence electrons. The Balaban J connectivity index is 2.24. The number of carbonyl (C=O) groups excluding carboxylic acids is 1. The lowest BCUT2D eigenvalue weighted by atomic mass is 10.1. The predicted octanol–water partition coefficient (Wildman–Crippen LogP) is 2.02. The number of aromatic hydroxyl groups is 1. The molecule has 0 aliphatic rings. The Kier molecular flexibility index (Phi) is 4.97. The van der Waals surface area contributed by atoms with Crippen LogP contribution in [0.25, 0.3) is 0 Å². The molecule has 2 N–H and O–H groups in total. The van der Waals surface area contributed by atoms with Crippen molar-refractivity contribution in [3.8, 4) is 5.75 Å². The second-order valence-corrected chi connectivity index (χ2v) is 5.30. The molecule has 1 aromatic heterocycles. The fraction of sp³-hybridized carbons (Fsp3) is 0.188. The van der Waals surface area contributed by atoms with Gasteiger partial charge in [0.05, 0.1) is 10.6 Å². The first-order chi connectivity index (χ1) is 11.7. The zero-order valence-corrected chi connectivity index (χ0v) is 13.7. The number of carbonyl (C=O) groups is 1. The molecule has 0 aliphatic carbocycles. The number of rotatable bonds is 4. The molecule has 0 saturated carbocycles. The Morgan fingerprint density at radius 1 is 1.32 bits per heavy atom. The summed E-state index contributed by atoms with van der Waals surface area (Å²) in [6.45, 7) is 4.44. The first-order valence-electron chi connectivity index (χ1n) is 7.14. The Labute approximate surface area is 141 Å². The lowest BCUT2D eigenvalue weighted by molar-refractivity contribution is -0.385. The van der Waals surface area contributed by atoms with Gasteiger partial charge in [0, 0.05) is 23.3 Å². The molecule has 0 unspecified atom stereocenters. The fourth-order valence-corrected chi connectivity index (χ4v) is 2.19. The molecule has 0 bridgehead atoms. The normalized spacial score (nSPS) is 11.2. The van der Waals surface area contributed by atoms with Gasteiger partial charge in [-0.25, -0.2) is 10.2 Å². The zero-order valence-electron chi connectivity index (χ0n) is 13.7. The van der Waals surface area contributed by atoms with Crippen LogP contribution in [-0.4, -0.2) is 21.6 Å². The third-order valence-corrected chi connectivity index (χ3v) is 3.40. The molecule has 9 heteroatoms. The molecule has 1 aromatic carbocycles. The van der Waals surface area contributed by atoms with Crippen LogP contribution in [-0.2, 0) is 0 Å². The van der Waals surface area contributed by atoms with Crippen molar-refractivity contribution >= 4 is 17.3 Å². The molecule has 0 spiro atoms. The molecule has 0 saturated heterocycles. The summed E-state index contributed by atoms with van der Waals surface area (Å²) < 4.78 is 4.88. The van der Waals surface area contributed by atoms with Gasteiger partial charge in [0.25, 0.3) is 11.6 Å². The van der Waals surface area contributed by atoms with Gasteiger partial charge in [0.15, 0.2) is 0 Å². The molecule has 0 radical (unpaired) electrons. The summed E-state index contributed by atoms with van der Waals surface area (Å²) in [4.78, 5) is 34.1. The Morgan fingerprint density at radius 2 is 2.00 bits per heavy atom. The van der Waals surface area contributed by atoms with Crippen LogP contribution in [0.15, 0.2) is 38.6 Å². The predicted molar refractivity (Wildman–Crippen MR) is 88.9 cm³/mol. The van der Waals surface area contributed by atoms with E-state index in [4.69, 9.17) is 4.42 Å². The number of nitro benzene ring substituents is 1. The van der Waals surface area contributed by atoms with Crippen molar-refractivity contribution in [2.75, 3.05) is 0 Å². The van der Waals surface area contributed by atoms with Crippen molar-refractivity contribution < 1.29 is 19.2 Å². The largest absolute Gasteiger partial charge is 0.507 e. The van der Waals surface area contributed by atoms with Gasteiger partial charge >= 0.3 is 5.63 Å². The average molecular weight is 345 g/mol. The van der Waals surface area contributed by atoms with Crippen LogP contribution in [0.3, 0.4) is 0 Å². The van der Waals surface area contributed by atoms with E-state index in [0.717, 1.165) is 0 Å². The van der Waals surface area contributed by atoms with Crippen LogP contribution in [0.1, 0.15) is 34.2 Å². The number of amides is 1. The van der Waals surface area contributed by atoms with E-state index in [9.17, 15) is 24.8 Å². The number of hydrogen-bond donors (Lipinski definition) is 2. The number of hydrazone groups is 1. The van der Waals surface area contributed by atoms with Gasteiger partial charge in [-0.3, -0.25) is 14.9 Å². The maximum Gasteiger partial charge on any atom is 0.348 e. The number of nitrogens with one attached hydrogen (secondary N) is 1. The highest BCUT2D eigenvalue weighted by Crippen LogP contribution is 2.19. The standard InChI is InChI=1S/C16H15N3O6/c1-8-6-11(4-5-12(8)19(23)24)15(21)18-17-10(3)14-13(20)7-9(2)25-16(14)22/h4-7,20H,1-3H3,(H,18,21). The van der Waals surface area contributed by atoms with E-state index in [1.165, 1.54) is 45.0 Å². The van der Waals surface area contributed by atoms with E-state index in [0.29, 0.717) is 5.56 Å². The molecule has 0 aliphatic heterocycles. The number of hydrogen-bond acceptors (Lipinski definition) is 7. The van der Waals surface area contributed by atoms with E-state index >= 15 is 0 Å². The summed E-state index contributed by atoms with van der Waals surface area (Å²) in [5.41, 5.74) is 1.74. The quantitative estimate of drug-likeness (QED) is 0.494. The van der Waals surface area contributed by atoms with Gasteiger partial charge in [-0.05, 0) is 32.9 Å². The monoisotopic (exact) mass is 345 g/mol. The van der Waals surface area contributed by atoms with Crippen molar-refractivity contribution in [3.05, 3.63) is 67.3 Å². The van der Waals surface area contributed by atoms with Gasteiger partial charge in [0.2, 0.25) is 0 Å². The van der Waals surface area contributed by atoms with Crippen molar-refractivity contribution in [2.45, 2.75) is 20.8 Å². The van der Waals surface area contributed by atoms with Crippen molar-refractivity contribution in [2.24, 2.45) is 5.10 Å². The number of nitro groups is 1. The van der Waals surface area contributed by atoms with Crippen LogP contribution in [0, 0.1) is 24.0 Å². The summed E-state index contributed by atoms with van der Waals surface area (Å²) in [6, 6.07) is 5.14. The van der Waals surface area contributed by atoms with Crippen LogP contribution in [0.5, 0.6) is 5.75 Å². The summed E-state index contributed by atoms with van der Waals surface area (Å²) >= 11 is 0. The number of nitrogens with zero attached hydrogens (tertiary/aromatic N) is 2. The fourth-order valence-electron chi connectivity index (χ4n) is 2.19. The van der Waals surface area contributed by atoms with Gasteiger partial charge in [-0.2, -0.15) is 5.10 Å². The topological polar surface area (TPSA) is 135 Å². The summed E-state index contributed by atoms with van der Waals surface area (Å²) in [6.07, 6.45) is 0. The lowest BCUT2D eigenvalue weighted by Crippen LogP contribution is -2.21. The van der Waals surface area contributed by atoms with Gasteiger partial charge < -0.3 is 9.52 Å². The van der Waals surface area contributed by atoms with Crippen molar-refractivity contribution in [1.82, 2.24) is 5.43 Å². The second-order valence-electron chi connectivity index (χ2n) is 5.30. The van der Waals surface area contributed by atoms with E-state index in [1.54, 1.807) is 0 Å². The van der Waals surface area contributed by atoms with Crippen LogP contribution in [0.2, 0.25) is 0 Å². The van der Waals surface area contributed by atoms with Crippen LogP contribution < -0.4 is 11.1 Å². The second kappa shape index (κ2) is 6.95. The molecule has 0 fully saturated rings. The molecule has 2 aromatic rings. The minimum atomic E-state index is -0.779. The molecule has 1 amide bonds. The highest BCUT2D eigenvalue weighted by Gasteiger charge is 2.15. The summed E-state index contributed by atoms with van der Waals surface area (Å²) in [5, 5.41) is 24.4. The third kappa shape index (κ3) is 3.89. The first kappa shape index (κ1) is 17.9. The molecule has 2 rings (SSSR count). The molecule has 25 heavy (non-hydrogen) atoms. The number of benzene rings is 1. The SMILES string of the molecule is CC(=NNC(=O)c1ccc([N+](=O)[O-])c(C)c1)c1c(O)cc(C)oc1=O. The smallest absolute Gasteiger partial charge is 0.348 e. The Bertz CT molecular complexity index is 945. The lowest BCUT2D eigenvalue weighted by Gasteiger charge is -2.05. The van der Waals surface area contributed by atoms with E-state index in [1.807, 2.05) is 0 Å².